The third-order valence-corrected chi connectivity index (χ3v) is 3.44. The van der Waals surface area contributed by atoms with Crippen LogP contribution in [0.3, 0.4) is 0 Å². The maximum absolute atomic E-state index is 12.9. The molecule has 0 amide bonds. The van der Waals surface area contributed by atoms with Gasteiger partial charge in [0.25, 0.3) is 0 Å². The van der Waals surface area contributed by atoms with Crippen LogP contribution in [0.5, 0.6) is 0 Å². The molecule has 0 unspecified atom stereocenters. The van der Waals surface area contributed by atoms with E-state index in [1.807, 2.05) is 29.1 Å². The molecule has 1 heterocycles. The lowest BCUT2D eigenvalue weighted by atomic mass is 10.1. The average molecular weight is 261 g/mol. The van der Waals surface area contributed by atoms with Gasteiger partial charge in [0.1, 0.15) is 5.82 Å². The van der Waals surface area contributed by atoms with Gasteiger partial charge >= 0.3 is 0 Å². The zero-order valence-electron chi connectivity index (χ0n) is 11.7. The number of aromatic nitrogens is 2. The van der Waals surface area contributed by atoms with E-state index >= 15 is 0 Å². The van der Waals surface area contributed by atoms with Gasteiger partial charge in [-0.25, -0.2) is 4.39 Å². The molecule has 0 saturated carbocycles. The Bertz CT molecular complexity index is 518. The summed E-state index contributed by atoms with van der Waals surface area (Å²) in [6.07, 6.45) is 1.99. The summed E-state index contributed by atoms with van der Waals surface area (Å²) in [6, 6.07) is 8.95. The third kappa shape index (κ3) is 3.41. The van der Waals surface area contributed by atoms with Crippen LogP contribution in [0.15, 0.2) is 36.5 Å². The first-order chi connectivity index (χ1) is 9.10. The van der Waals surface area contributed by atoms with Crippen molar-refractivity contribution in [3.05, 3.63) is 53.6 Å². The minimum absolute atomic E-state index is 0.194. The van der Waals surface area contributed by atoms with Crippen LogP contribution in [0, 0.1) is 5.82 Å². The van der Waals surface area contributed by atoms with Crippen LogP contribution >= 0.6 is 0 Å². The van der Waals surface area contributed by atoms with Crippen molar-refractivity contribution in [2.24, 2.45) is 0 Å². The Labute approximate surface area is 113 Å². The molecule has 19 heavy (non-hydrogen) atoms. The van der Waals surface area contributed by atoms with Gasteiger partial charge in [0.05, 0.1) is 5.69 Å². The van der Waals surface area contributed by atoms with Crippen molar-refractivity contribution in [1.82, 2.24) is 14.7 Å². The topological polar surface area (TPSA) is 21.1 Å². The molecule has 0 bridgehead atoms. The largest absolute Gasteiger partial charge is 0.294 e. The predicted octanol–water partition coefficient (Wildman–Crippen LogP) is 3.24. The molecule has 0 fully saturated rings. The Hall–Kier alpha value is -1.68. The Balaban J connectivity index is 2.02. The van der Waals surface area contributed by atoms with E-state index in [9.17, 15) is 4.39 Å². The SMILES string of the molecule is CCn1ccc(CN(C)[C@H](C)c2ccc(F)cc2)n1. The minimum Gasteiger partial charge on any atom is -0.294 e. The van der Waals surface area contributed by atoms with Crippen LogP contribution in [0.1, 0.15) is 31.1 Å². The second kappa shape index (κ2) is 5.97. The van der Waals surface area contributed by atoms with E-state index in [-0.39, 0.29) is 11.9 Å². The van der Waals surface area contributed by atoms with Gasteiger partial charge in [0.2, 0.25) is 0 Å². The molecule has 4 heteroatoms. The molecule has 1 aromatic heterocycles. The fourth-order valence-corrected chi connectivity index (χ4v) is 2.05. The molecule has 3 nitrogen and oxygen atoms in total. The first-order valence-corrected chi connectivity index (χ1v) is 6.58. The number of hydrogen-bond acceptors (Lipinski definition) is 2. The highest BCUT2D eigenvalue weighted by molar-refractivity contribution is 5.19. The molecule has 0 saturated heterocycles. The molecule has 0 aliphatic heterocycles. The lowest BCUT2D eigenvalue weighted by molar-refractivity contribution is 0.249. The van der Waals surface area contributed by atoms with Crippen molar-refractivity contribution < 1.29 is 4.39 Å². The van der Waals surface area contributed by atoms with Crippen molar-refractivity contribution in [1.29, 1.82) is 0 Å². The Morgan fingerprint density at radius 3 is 2.53 bits per heavy atom. The summed E-state index contributed by atoms with van der Waals surface area (Å²) in [7, 11) is 2.05. The van der Waals surface area contributed by atoms with Crippen LogP contribution in [0.4, 0.5) is 4.39 Å². The van der Waals surface area contributed by atoms with Crippen molar-refractivity contribution in [2.75, 3.05) is 7.05 Å². The first kappa shape index (κ1) is 13.7. The van der Waals surface area contributed by atoms with Crippen LogP contribution in [0.2, 0.25) is 0 Å². The smallest absolute Gasteiger partial charge is 0.123 e. The molecular weight excluding hydrogens is 241 g/mol. The van der Waals surface area contributed by atoms with Gasteiger partial charge in [-0.05, 0) is 44.7 Å². The number of hydrogen-bond donors (Lipinski definition) is 0. The summed E-state index contributed by atoms with van der Waals surface area (Å²) in [5.74, 6) is -0.194. The number of halogens is 1. The quantitative estimate of drug-likeness (QED) is 0.824. The lowest BCUT2D eigenvalue weighted by Crippen LogP contribution is -2.22. The second-order valence-corrected chi connectivity index (χ2v) is 4.81. The van der Waals surface area contributed by atoms with E-state index in [1.165, 1.54) is 12.1 Å². The van der Waals surface area contributed by atoms with Gasteiger partial charge in [-0.2, -0.15) is 5.10 Å². The zero-order chi connectivity index (χ0) is 13.8. The van der Waals surface area contributed by atoms with Crippen molar-refractivity contribution >= 4 is 0 Å². The molecule has 0 aliphatic carbocycles. The van der Waals surface area contributed by atoms with E-state index < -0.39 is 0 Å². The van der Waals surface area contributed by atoms with Gasteiger partial charge in [-0.3, -0.25) is 9.58 Å². The van der Waals surface area contributed by atoms with E-state index in [4.69, 9.17) is 0 Å². The van der Waals surface area contributed by atoms with Crippen LogP contribution in [-0.2, 0) is 13.1 Å². The highest BCUT2D eigenvalue weighted by Gasteiger charge is 2.13. The molecule has 102 valence electrons. The summed E-state index contributed by atoms with van der Waals surface area (Å²) in [4.78, 5) is 2.20. The molecule has 0 aliphatic rings. The normalized spacial score (nSPS) is 12.9. The fourth-order valence-electron chi connectivity index (χ4n) is 2.05. The van der Waals surface area contributed by atoms with Gasteiger partial charge in [-0.15, -0.1) is 0 Å². The van der Waals surface area contributed by atoms with Crippen LogP contribution in [0.25, 0.3) is 0 Å². The third-order valence-electron chi connectivity index (χ3n) is 3.44. The van der Waals surface area contributed by atoms with Gasteiger partial charge in [0.15, 0.2) is 0 Å². The minimum atomic E-state index is -0.194. The summed E-state index contributed by atoms with van der Waals surface area (Å²) in [5, 5.41) is 4.47. The molecule has 0 N–H and O–H groups in total. The van der Waals surface area contributed by atoms with E-state index in [0.717, 1.165) is 24.3 Å². The highest BCUT2D eigenvalue weighted by atomic mass is 19.1. The zero-order valence-corrected chi connectivity index (χ0v) is 11.7. The molecule has 2 aromatic rings. The lowest BCUT2D eigenvalue weighted by Gasteiger charge is -2.24. The van der Waals surface area contributed by atoms with E-state index in [0.29, 0.717) is 0 Å². The highest BCUT2D eigenvalue weighted by Crippen LogP contribution is 2.20. The molecule has 1 aromatic carbocycles. The summed E-state index contributed by atoms with van der Waals surface area (Å²) in [5.41, 5.74) is 2.16. The van der Waals surface area contributed by atoms with Crippen molar-refractivity contribution in [2.45, 2.75) is 33.0 Å². The van der Waals surface area contributed by atoms with Gasteiger partial charge in [0, 0.05) is 25.3 Å². The standard InChI is InChI=1S/C15H20FN3/c1-4-19-10-9-15(17-19)11-18(3)12(2)13-5-7-14(16)8-6-13/h5-10,12H,4,11H2,1-3H3/t12-/m1/s1. The van der Waals surface area contributed by atoms with Gasteiger partial charge < -0.3 is 0 Å². The number of rotatable bonds is 5. The van der Waals surface area contributed by atoms with Crippen molar-refractivity contribution in [3.63, 3.8) is 0 Å². The van der Waals surface area contributed by atoms with E-state index in [1.54, 1.807) is 0 Å². The summed E-state index contributed by atoms with van der Waals surface area (Å²) < 4.78 is 14.8. The van der Waals surface area contributed by atoms with Gasteiger partial charge in [-0.1, -0.05) is 12.1 Å². The Morgan fingerprint density at radius 2 is 1.95 bits per heavy atom. The van der Waals surface area contributed by atoms with Crippen LogP contribution < -0.4 is 0 Å². The van der Waals surface area contributed by atoms with Crippen molar-refractivity contribution in [3.8, 4) is 0 Å². The summed E-state index contributed by atoms with van der Waals surface area (Å²) >= 11 is 0. The number of nitrogens with zero attached hydrogens (tertiary/aromatic N) is 3. The second-order valence-electron chi connectivity index (χ2n) is 4.81. The predicted molar refractivity (Wildman–Crippen MR) is 74.2 cm³/mol. The fraction of sp³-hybridized carbons (Fsp3) is 0.400. The molecule has 0 spiro atoms. The monoisotopic (exact) mass is 261 g/mol. The Kier molecular flexibility index (Phi) is 4.32. The maximum Gasteiger partial charge on any atom is 0.123 e. The number of benzene rings is 1. The Morgan fingerprint density at radius 1 is 1.26 bits per heavy atom. The maximum atomic E-state index is 12.9. The molecular formula is C15H20FN3. The molecule has 2 rings (SSSR count). The summed E-state index contributed by atoms with van der Waals surface area (Å²) in [6.45, 7) is 5.86. The van der Waals surface area contributed by atoms with Crippen LogP contribution in [-0.4, -0.2) is 21.7 Å². The molecule has 0 radical (unpaired) electrons. The van der Waals surface area contributed by atoms with E-state index in [2.05, 4.69) is 30.9 Å². The number of aryl methyl sites for hydroxylation is 1. The average Bonchev–Trinajstić information content (AvgIpc) is 2.86. The first-order valence-electron chi connectivity index (χ1n) is 6.58. The molecule has 1 atom stereocenters.